The van der Waals surface area contributed by atoms with Gasteiger partial charge in [0.25, 0.3) is 0 Å². The van der Waals surface area contributed by atoms with Crippen molar-refractivity contribution in [3.63, 3.8) is 0 Å². The standard InChI is InChI=1S/C17H23NO2/c1-18-11-17-15(12-19-13-7-3-2-4-8-13)14-9-5-6-10-16(14)20-17/h5-6,9-10,13,18H,2-4,7-8,11-12H2,1H3. The average molecular weight is 273 g/mol. The van der Waals surface area contributed by atoms with E-state index in [4.69, 9.17) is 9.15 Å². The van der Waals surface area contributed by atoms with Crippen LogP contribution in [0, 0.1) is 0 Å². The Hall–Kier alpha value is -1.32. The second-order valence-corrected chi connectivity index (χ2v) is 5.60. The Bertz CT molecular complexity index is 555. The lowest BCUT2D eigenvalue weighted by atomic mass is 9.98. The van der Waals surface area contributed by atoms with Crippen molar-refractivity contribution in [2.75, 3.05) is 7.05 Å². The molecule has 2 aromatic rings. The van der Waals surface area contributed by atoms with Gasteiger partial charge < -0.3 is 14.5 Å². The van der Waals surface area contributed by atoms with Gasteiger partial charge in [-0.1, -0.05) is 37.5 Å². The van der Waals surface area contributed by atoms with Crippen molar-refractivity contribution >= 4 is 11.0 Å². The number of ether oxygens (including phenoxy) is 1. The van der Waals surface area contributed by atoms with E-state index < -0.39 is 0 Å². The van der Waals surface area contributed by atoms with Crippen LogP contribution < -0.4 is 5.32 Å². The molecule has 0 unspecified atom stereocenters. The van der Waals surface area contributed by atoms with Crippen molar-refractivity contribution in [1.82, 2.24) is 5.32 Å². The second-order valence-electron chi connectivity index (χ2n) is 5.60. The van der Waals surface area contributed by atoms with Gasteiger partial charge >= 0.3 is 0 Å². The summed E-state index contributed by atoms with van der Waals surface area (Å²) >= 11 is 0. The molecule has 0 aliphatic heterocycles. The number of benzene rings is 1. The number of hydrogen-bond acceptors (Lipinski definition) is 3. The van der Waals surface area contributed by atoms with Crippen LogP contribution in [0.2, 0.25) is 0 Å². The van der Waals surface area contributed by atoms with Crippen molar-refractivity contribution in [1.29, 1.82) is 0 Å². The maximum Gasteiger partial charge on any atom is 0.134 e. The predicted molar refractivity (Wildman–Crippen MR) is 80.6 cm³/mol. The molecule has 1 N–H and O–H groups in total. The van der Waals surface area contributed by atoms with Crippen molar-refractivity contribution < 1.29 is 9.15 Å². The maximum atomic E-state index is 6.13. The molecule has 3 heteroatoms. The lowest BCUT2D eigenvalue weighted by Gasteiger charge is -2.22. The van der Waals surface area contributed by atoms with E-state index >= 15 is 0 Å². The molecular formula is C17H23NO2. The fourth-order valence-corrected chi connectivity index (χ4v) is 3.04. The minimum atomic E-state index is 0.430. The van der Waals surface area contributed by atoms with E-state index in [1.165, 1.54) is 43.1 Å². The summed E-state index contributed by atoms with van der Waals surface area (Å²) in [5, 5.41) is 4.36. The molecule has 0 saturated heterocycles. The first-order valence-corrected chi connectivity index (χ1v) is 7.64. The Kier molecular flexibility index (Phi) is 4.38. The van der Waals surface area contributed by atoms with Crippen LogP contribution in [0.1, 0.15) is 43.4 Å². The van der Waals surface area contributed by atoms with Gasteiger partial charge in [0.2, 0.25) is 0 Å². The maximum absolute atomic E-state index is 6.13. The lowest BCUT2D eigenvalue weighted by molar-refractivity contribution is 0.0167. The summed E-state index contributed by atoms with van der Waals surface area (Å²) in [6, 6.07) is 8.22. The molecule has 20 heavy (non-hydrogen) atoms. The molecule has 0 amide bonds. The largest absolute Gasteiger partial charge is 0.459 e. The van der Waals surface area contributed by atoms with Gasteiger partial charge in [-0.15, -0.1) is 0 Å². The third-order valence-electron chi connectivity index (χ3n) is 4.13. The highest BCUT2D eigenvalue weighted by Crippen LogP contribution is 2.28. The molecule has 1 heterocycles. The Morgan fingerprint density at radius 2 is 2.00 bits per heavy atom. The van der Waals surface area contributed by atoms with Gasteiger partial charge in [0.15, 0.2) is 0 Å². The van der Waals surface area contributed by atoms with Crippen molar-refractivity contribution in [3.05, 3.63) is 35.6 Å². The number of furan rings is 1. The van der Waals surface area contributed by atoms with Crippen LogP contribution in [0.3, 0.4) is 0 Å². The van der Waals surface area contributed by atoms with Gasteiger partial charge in [-0.2, -0.15) is 0 Å². The third kappa shape index (κ3) is 2.89. The molecule has 1 aromatic carbocycles. The SMILES string of the molecule is CNCc1oc2ccccc2c1COC1CCCCC1. The minimum Gasteiger partial charge on any atom is -0.459 e. The Labute approximate surface area is 120 Å². The van der Waals surface area contributed by atoms with Gasteiger partial charge in [0, 0.05) is 10.9 Å². The summed E-state index contributed by atoms with van der Waals surface area (Å²) < 4.78 is 12.1. The third-order valence-corrected chi connectivity index (χ3v) is 4.13. The molecule has 0 radical (unpaired) electrons. The van der Waals surface area contributed by atoms with E-state index in [0.29, 0.717) is 12.7 Å². The molecule has 3 rings (SSSR count). The smallest absolute Gasteiger partial charge is 0.134 e. The number of hydrogen-bond donors (Lipinski definition) is 1. The lowest BCUT2D eigenvalue weighted by Crippen LogP contribution is -2.17. The van der Waals surface area contributed by atoms with Crippen LogP contribution in [0.5, 0.6) is 0 Å². The Morgan fingerprint density at radius 3 is 2.80 bits per heavy atom. The van der Waals surface area contributed by atoms with Crippen LogP contribution in [0.25, 0.3) is 11.0 Å². The normalized spacial score (nSPS) is 16.9. The molecule has 1 aliphatic rings. The van der Waals surface area contributed by atoms with E-state index in [0.717, 1.165) is 17.9 Å². The fourth-order valence-electron chi connectivity index (χ4n) is 3.04. The summed E-state index contributed by atoms with van der Waals surface area (Å²) in [5.74, 6) is 1.00. The summed E-state index contributed by atoms with van der Waals surface area (Å²) in [5.41, 5.74) is 2.17. The number of para-hydroxylation sites is 1. The first kappa shape index (κ1) is 13.7. The average Bonchev–Trinajstić information content (AvgIpc) is 2.84. The molecule has 0 bridgehead atoms. The van der Waals surface area contributed by atoms with Crippen molar-refractivity contribution in [2.45, 2.75) is 51.4 Å². The molecule has 1 saturated carbocycles. The summed E-state index contributed by atoms with van der Waals surface area (Å²) in [6.07, 6.45) is 6.81. The molecule has 1 fully saturated rings. The molecule has 3 nitrogen and oxygen atoms in total. The molecule has 108 valence electrons. The van der Waals surface area contributed by atoms with E-state index in [-0.39, 0.29) is 0 Å². The van der Waals surface area contributed by atoms with E-state index in [1.54, 1.807) is 0 Å². The molecule has 0 spiro atoms. The van der Waals surface area contributed by atoms with Crippen LogP contribution in [0.4, 0.5) is 0 Å². The van der Waals surface area contributed by atoms with Gasteiger partial charge in [0.05, 0.1) is 19.3 Å². The topological polar surface area (TPSA) is 34.4 Å². The number of rotatable bonds is 5. The van der Waals surface area contributed by atoms with Crippen LogP contribution in [-0.4, -0.2) is 13.2 Å². The highest BCUT2D eigenvalue weighted by molar-refractivity contribution is 5.82. The number of fused-ring (bicyclic) bond motifs is 1. The number of nitrogens with one attached hydrogen (secondary N) is 1. The zero-order valence-electron chi connectivity index (χ0n) is 12.2. The first-order valence-electron chi connectivity index (χ1n) is 7.64. The van der Waals surface area contributed by atoms with Crippen molar-refractivity contribution in [3.8, 4) is 0 Å². The summed E-state index contributed by atoms with van der Waals surface area (Å²) in [7, 11) is 1.94. The highest BCUT2D eigenvalue weighted by Gasteiger charge is 2.17. The second kappa shape index (κ2) is 6.42. The van der Waals surface area contributed by atoms with E-state index in [1.807, 2.05) is 19.2 Å². The van der Waals surface area contributed by atoms with Gasteiger partial charge in [-0.3, -0.25) is 0 Å². The highest BCUT2D eigenvalue weighted by atomic mass is 16.5. The zero-order valence-corrected chi connectivity index (χ0v) is 12.2. The quantitative estimate of drug-likeness (QED) is 0.894. The molecule has 1 aromatic heterocycles. The van der Waals surface area contributed by atoms with Gasteiger partial charge in [-0.05, 0) is 26.0 Å². The Morgan fingerprint density at radius 1 is 1.20 bits per heavy atom. The van der Waals surface area contributed by atoms with Crippen LogP contribution in [0.15, 0.2) is 28.7 Å². The van der Waals surface area contributed by atoms with E-state index in [9.17, 15) is 0 Å². The summed E-state index contributed by atoms with van der Waals surface area (Å²) in [4.78, 5) is 0. The van der Waals surface area contributed by atoms with Crippen molar-refractivity contribution in [2.24, 2.45) is 0 Å². The fraction of sp³-hybridized carbons (Fsp3) is 0.529. The molecule has 1 aliphatic carbocycles. The van der Waals surface area contributed by atoms with Crippen LogP contribution >= 0.6 is 0 Å². The van der Waals surface area contributed by atoms with E-state index in [2.05, 4.69) is 17.4 Å². The van der Waals surface area contributed by atoms with Crippen LogP contribution in [-0.2, 0) is 17.9 Å². The monoisotopic (exact) mass is 273 g/mol. The minimum absolute atomic E-state index is 0.430. The summed E-state index contributed by atoms with van der Waals surface area (Å²) in [6.45, 7) is 1.41. The molecule has 0 atom stereocenters. The zero-order chi connectivity index (χ0) is 13.8. The van der Waals surface area contributed by atoms with Gasteiger partial charge in [-0.25, -0.2) is 0 Å². The Balaban J connectivity index is 1.79. The van der Waals surface area contributed by atoms with Gasteiger partial charge in [0.1, 0.15) is 11.3 Å². The predicted octanol–water partition coefficient (Wildman–Crippen LogP) is 4.00. The first-order chi connectivity index (χ1) is 9.88. The molecular weight excluding hydrogens is 250 g/mol.